The molecule has 1 aromatic carbocycles. The Morgan fingerprint density at radius 3 is 3.00 bits per heavy atom. The molecule has 0 radical (unpaired) electrons. The van der Waals surface area contributed by atoms with Crippen molar-refractivity contribution in [3.63, 3.8) is 0 Å². The molecule has 0 spiro atoms. The zero-order valence-corrected chi connectivity index (χ0v) is 11.5. The molecule has 1 aromatic rings. The summed E-state index contributed by atoms with van der Waals surface area (Å²) in [6, 6.07) is 6.00. The van der Waals surface area contributed by atoms with Gasteiger partial charge in [0.25, 0.3) is 0 Å². The Kier molecular flexibility index (Phi) is 4.42. The molecule has 1 aliphatic rings. The Balaban J connectivity index is 2.19. The summed E-state index contributed by atoms with van der Waals surface area (Å²) in [4.78, 5) is 0. The molecule has 0 aliphatic carbocycles. The second-order valence-electron chi connectivity index (χ2n) is 4.11. The third kappa shape index (κ3) is 3.07. The highest BCUT2D eigenvalue weighted by Gasteiger charge is 2.19. The minimum Gasteiger partial charge on any atom is -0.309 e. The van der Waals surface area contributed by atoms with Crippen LogP contribution in [0.25, 0.3) is 0 Å². The Hall–Kier alpha value is 0.110. The van der Waals surface area contributed by atoms with Crippen molar-refractivity contribution >= 4 is 35.0 Å². The van der Waals surface area contributed by atoms with Crippen LogP contribution in [0, 0.1) is 0 Å². The van der Waals surface area contributed by atoms with Crippen molar-refractivity contribution < 1.29 is 0 Å². The second-order valence-corrected chi connectivity index (χ2v) is 6.42. The molecule has 0 aromatic heterocycles. The van der Waals surface area contributed by atoms with Crippen LogP contribution in [0.1, 0.15) is 24.9 Å². The van der Waals surface area contributed by atoms with Crippen molar-refractivity contribution in [1.29, 1.82) is 0 Å². The van der Waals surface area contributed by atoms with Gasteiger partial charge in [-0.25, -0.2) is 0 Å². The van der Waals surface area contributed by atoms with Crippen LogP contribution in [-0.4, -0.2) is 17.5 Å². The first-order chi connectivity index (χ1) is 7.66. The van der Waals surface area contributed by atoms with Crippen molar-refractivity contribution in [1.82, 2.24) is 5.32 Å². The predicted molar refractivity (Wildman–Crippen MR) is 73.7 cm³/mol. The van der Waals surface area contributed by atoms with E-state index in [1.807, 2.05) is 30.0 Å². The maximum Gasteiger partial charge on any atom is 0.0455 e. The molecule has 1 fully saturated rings. The van der Waals surface area contributed by atoms with E-state index in [1.54, 1.807) is 0 Å². The van der Waals surface area contributed by atoms with Gasteiger partial charge in [-0.05, 0) is 36.7 Å². The number of nitrogens with one attached hydrogen (secondary N) is 1. The van der Waals surface area contributed by atoms with Gasteiger partial charge < -0.3 is 5.32 Å². The van der Waals surface area contributed by atoms with Gasteiger partial charge in [-0.2, -0.15) is 11.8 Å². The van der Waals surface area contributed by atoms with Crippen LogP contribution in [0.15, 0.2) is 18.2 Å². The molecule has 0 bridgehead atoms. The summed E-state index contributed by atoms with van der Waals surface area (Å²) >= 11 is 14.2. The van der Waals surface area contributed by atoms with Crippen molar-refractivity contribution in [3.05, 3.63) is 33.8 Å². The van der Waals surface area contributed by atoms with Gasteiger partial charge >= 0.3 is 0 Å². The Morgan fingerprint density at radius 1 is 1.38 bits per heavy atom. The molecular weight excluding hydrogens is 261 g/mol. The zero-order valence-electron chi connectivity index (χ0n) is 9.17. The normalized spacial score (nSPS) is 26.4. The average molecular weight is 276 g/mol. The van der Waals surface area contributed by atoms with Crippen LogP contribution >= 0.6 is 35.0 Å². The zero-order chi connectivity index (χ0) is 11.5. The largest absolute Gasteiger partial charge is 0.309 e. The van der Waals surface area contributed by atoms with E-state index in [0.29, 0.717) is 6.04 Å². The molecule has 1 heterocycles. The monoisotopic (exact) mass is 275 g/mol. The van der Waals surface area contributed by atoms with Gasteiger partial charge in [-0.3, -0.25) is 0 Å². The molecular formula is C12H15Cl2NS. The van der Waals surface area contributed by atoms with E-state index in [1.165, 1.54) is 6.42 Å². The van der Waals surface area contributed by atoms with Gasteiger partial charge in [-0.1, -0.05) is 30.1 Å². The Labute approximate surface area is 111 Å². The maximum atomic E-state index is 6.21. The predicted octanol–water partition coefficient (Wildman–Crippen LogP) is 4.15. The maximum absolute atomic E-state index is 6.21. The van der Waals surface area contributed by atoms with Crippen LogP contribution in [0.3, 0.4) is 0 Å². The number of thioether (sulfide) groups is 1. The lowest BCUT2D eigenvalue weighted by Gasteiger charge is -2.17. The molecule has 2 unspecified atom stereocenters. The standard InChI is InChI=1S/C12H15Cl2NS/c1-8-4-5-15-12(7-16-8)10-6-9(13)2-3-11(10)14/h2-3,6,8,12,15H,4-5,7H2,1H3. The lowest BCUT2D eigenvalue weighted by molar-refractivity contribution is 0.579. The highest BCUT2D eigenvalue weighted by molar-refractivity contribution is 7.99. The van der Waals surface area contributed by atoms with Crippen molar-refractivity contribution in [2.75, 3.05) is 12.3 Å². The van der Waals surface area contributed by atoms with Crippen LogP contribution in [0.4, 0.5) is 0 Å². The van der Waals surface area contributed by atoms with E-state index in [9.17, 15) is 0 Å². The summed E-state index contributed by atoms with van der Waals surface area (Å²) in [5.74, 6) is 1.06. The van der Waals surface area contributed by atoms with E-state index >= 15 is 0 Å². The highest BCUT2D eigenvalue weighted by atomic mass is 35.5. The minimum atomic E-state index is 0.321. The number of hydrogen-bond donors (Lipinski definition) is 1. The first-order valence-electron chi connectivity index (χ1n) is 5.47. The number of halogens is 2. The molecule has 1 aliphatic heterocycles. The quantitative estimate of drug-likeness (QED) is 0.827. The van der Waals surface area contributed by atoms with E-state index in [-0.39, 0.29) is 0 Å². The molecule has 16 heavy (non-hydrogen) atoms. The summed E-state index contributed by atoms with van der Waals surface area (Å²) in [5, 5.41) is 5.81. The van der Waals surface area contributed by atoms with Crippen LogP contribution in [0.5, 0.6) is 0 Å². The van der Waals surface area contributed by atoms with Gasteiger partial charge in [0, 0.05) is 27.1 Å². The van der Waals surface area contributed by atoms with Gasteiger partial charge in [0.05, 0.1) is 0 Å². The summed E-state index contributed by atoms with van der Waals surface area (Å²) in [6.07, 6.45) is 1.21. The first-order valence-corrected chi connectivity index (χ1v) is 7.27. The molecule has 88 valence electrons. The third-order valence-electron chi connectivity index (χ3n) is 2.82. The second kappa shape index (κ2) is 5.63. The van der Waals surface area contributed by atoms with Crippen LogP contribution in [0.2, 0.25) is 10.0 Å². The molecule has 2 rings (SSSR count). The smallest absolute Gasteiger partial charge is 0.0455 e. The molecule has 0 amide bonds. The van der Waals surface area contributed by atoms with E-state index in [2.05, 4.69) is 12.2 Å². The fourth-order valence-electron chi connectivity index (χ4n) is 1.84. The van der Waals surface area contributed by atoms with Gasteiger partial charge in [0.1, 0.15) is 0 Å². The fraction of sp³-hybridized carbons (Fsp3) is 0.500. The van der Waals surface area contributed by atoms with Gasteiger partial charge in [0.15, 0.2) is 0 Å². The first kappa shape index (κ1) is 12.6. The van der Waals surface area contributed by atoms with Crippen LogP contribution in [-0.2, 0) is 0 Å². The molecule has 1 nitrogen and oxygen atoms in total. The van der Waals surface area contributed by atoms with Crippen molar-refractivity contribution in [2.45, 2.75) is 24.6 Å². The molecule has 2 atom stereocenters. The highest BCUT2D eigenvalue weighted by Crippen LogP contribution is 2.31. The number of benzene rings is 1. The molecule has 1 N–H and O–H groups in total. The summed E-state index contributed by atoms with van der Waals surface area (Å²) in [6.45, 7) is 3.32. The Morgan fingerprint density at radius 2 is 2.19 bits per heavy atom. The minimum absolute atomic E-state index is 0.321. The van der Waals surface area contributed by atoms with Gasteiger partial charge in [-0.15, -0.1) is 0 Å². The SMILES string of the molecule is CC1CCNC(c2cc(Cl)ccc2Cl)CS1. The van der Waals surface area contributed by atoms with Crippen LogP contribution < -0.4 is 5.32 Å². The number of hydrogen-bond acceptors (Lipinski definition) is 2. The van der Waals surface area contributed by atoms with E-state index < -0.39 is 0 Å². The van der Waals surface area contributed by atoms with Crippen molar-refractivity contribution in [2.24, 2.45) is 0 Å². The summed E-state index contributed by atoms with van der Waals surface area (Å²) < 4.78 is 0. The van der Waals surface area contributed by atoms with E-state index in [4.69, 9.17) is 23.2 Å². The fourth-order valence-corrected chi connectivity index (χ4v) is 3.38. The van der Waals surface area contributed by atoms with Crippen molar-refractivity contribution in [3.8, 4) is 0 Å². The Bertz CT molecular complexity index is 370. The molecule has 0 saturated carbocycles. The summed E-state index contributed by atoms with van der Waals surface area (Å²) in [5.41, 5.74) is 1.12. The third-order valence-corrected chi connectivity index (χ3v) is 4.73. The lowest BCUT2D eigenvalue weighted by atomic mass is 10.1. The number of rotatable bonds is 1. The topological polar surface area (TPSA) is 12.0 Å². The summed E-state index contributed by atoms with van der Waals surface area (Å²) in [7, 11) is 0. The molecule has 4 heteroatoms. The average Bonchev–Trinajstić information content (AvgIpc) is 2.47. The van der Waals surface area contributed by atoms with E-state index in [0.717, 1.165) is 33.2 Å². The molecule has 1 saturated heterocycles. The van der Waals surface area contributed by atoms with Gasteiger partial charge in [0.2, 0.25) is 0 Å². The lowest BCUT2D eigenvalue weighted by Crippen LogP contribution is -2.22.